The van der Waals surface area contributed by atoms with Crippen molar-refractivity contribution in [3.8, 4) is 11.5 Å². The van der Waals surface area contributed by atoms with Crippen molar-refractivity contribution in [2.45, 2.75) is 26.9 Å². The van der Waals surface area contributed by atoms with Crippen molar-refractivity contribution in [2.24, 2.45) is 5.41 Å². The molecule has 5 heteroatoms. The second-order valence-corrected chi connectivity index (χ2v) is 5.29. The summed E-state index contributed by atoms with van der Waals surface area (Å²) in [5, 5.41) is 9.22. The van der Waals surface area contributed by atoms with E-state index in [4.69, 9.17) is 14.2 Å². The Balaban J connectivity index is 3.21. The van der Waals surface area contributed by atoms with Crippen LogP contribution < -0.4 is 9.47 Å². The predicted molar refractivity (Wildman–Crippen MR) is 75.4 cm³/mol. The van der Waals surface area contributed by atoms with Crippen LogP contribution in [-0.2, 0) is 22.6 Å². The lowest BCUT2D eigenvalue weighted by atomic mass is 9.85. The van der Waals surface area contributed by atoms with Crippen LogP contribution in [0.3, 0.4) is 0 Å². The quantitative estimate of drug-likeness (QED) is 0.832. The van der Waals surface area contributed by atoms with Crippen LogP contribution in [0.1, 0.15) is 25.0 Å². The Bertz CT molecular complexity index is 479. The molecule has 1 aromatic rings. The molecule has 0 saturated heterocycles. The van der Waals surface area contributed by atoms with Crippen molar-refractivity contribution in [1.29, 1.82) is 0 Å². The molecule has 5 nitrogen and oxygen atoms in total. The molecule has 0 radical (unpaired) electrons. The fraction of sp³-hybridized carbons (Fsp3) is 0.533. The summed E-state index contributed by atoms with van der Waals surface area (Å²) >= 11 is 0. The molecule has 0 aliphatic rings. The zero-order valence-electron chi connectivity index (χ0n) is 12.6. The summed E-state index contributed by atoms with van der Waals surface area (Å²) < 4.78 is 15.8. The van der Waals surface area contributed by atoms with Crippen LogP contribution >= 0.6 is 0 Å². The summed E-state index contributed by atoms with van der Waals surface area (Å²) in [7, 11) is 4.72. The van der Waals surface area contributed by atoms with E-state index in [0.717, 1.165) is 11.1 Å². The Kier molecular flexibility index (Phi) is 5.39. The van der Waals surface area contributed by atoms with Gasteiger partial charge in [0.25, 0.3) is 0 Å². The first-order valence-corrected chi connectivity index (χ1v) is 6.31. The van der Waals surface area contributed by atoms with Gasteiger partial charge in [-0.25, -0.2) is 0 Å². The van der Waals surface area contributed by atoms with Gasteiger partial charge in [0.05, 0.1) is 26.2 Å². The normalized spacial score (nSPS) is 11.2. The van der Waals surface area contributed by atoms with Crippen molar-refractivity contribution < 1.29 is 24.1 Å². The monoisotopic (exact) mass is 282 g/mol. The van der Waals surface area contributed by atoms with Crippen molar-refractivity contribution in [1.82, 2.24) is 0 Å². The summed E-state index contributed by atoms with van der Waals surface area (Å²) in [6, 6.07) is 3.71. The SMILES string of the molecule is COCc1cc(CC(C)(C)C(=O)O)cc(OC)c1OC. The number of carboxylic acids is 1. The van der Waals surface area contributed by atoms with Gasteiger partial charge in [-0.05, 0) is 38.0 Å². The zero-order chi connectivity index (χ0) is 15.3. The highest BCUT2D eigenvalue weighted by Gasteiger charge is 2.28. The first-order chi connectivity index (χ1) is 9.35. The highest BCUT2D eigenvalue weighted by Crippen LogP contribution is 2.35. The molecule has 0 amide bonds. The molecule has 0 aliphatic carbocycles. The summed E-state index contributed by atoms with van der Waals surface area (Å²) in [4.78, 5) is 11.2. The lowest BCUT2D eigenvalue weighted by Crippen LogP contribution is -2.26. The number of ether oxygens (including phenoxy) is 3. The van der Waals surface area contributed by atoms with Crippen LogP contribution in [0.15, 0.2) is 12.1 Å². The highest BCUT2D eigenvalue weighted by atomic mass is 16.5. The molecule has 1 rings (SSSR count). The van der Waals surface area contributed by atoms with Crippen LogP contribution in [0.2, 0.25) is 0 Å². The first-order valence-electron chi connectivity index (χ1n) is 6.31. The topological polar surface area (TPSA) is 65.0 Å². The second-order valence-electron chi connectivity index (χ2n) is 5.29. The minimum absolute atomic E-state index is 0.376. The van der Waals surface area contributed by atoms with Gasteiger partial charge < -0.3 is 19.3 Å². The molecule has 0 aliphatic heterocycles. The van der Waals surface area contributed by atoms with Crippen LogP contribution in [-0.4, -0.2) is 32.4 Å². The van der Waals surface area contributed by atoms with Crippen LogP contribution in [0.4, 0.5) is 0 Å². The van der Waals surface area contributed by atoms with Crippen LogP contribution in [0, 0.1) is 5.41 Å². The minimum Gasteiger partial charge on any atom is -0.493 e. The lowest BCUT2D eigenvalue weighted by molar-refractivity contribution is -0.146. The fourth-order valence-electron chi connectivity index (χ4n) is 2.06. The third-order valence-electron chi connectivity index (χ3n) is 3.14. The Labute approximate surface area is 119 Å². The molecular formula is C15H22O5. The number of hydrogen-bond acceptors (Lipinski definition) is 4. The average molecular weight is 282 g/mol. The van der Waals surface area contributed by atoms with Gasteiger partial charge in [-0.3, -0.25) is 4.79 Å². The fourth-order valence-corrected chi connectivity index (χ4v) is 2.06. The third-order valence-corrected chi connectivity index (χ3v) is 3.14. The van der Waals surface area contributed by atoms with Gasteiger partial charge in [0.2, 0.25) is 0 Å². The van der Waals surface area contributed by atoms with Crippen LogP contribution in [0.5, 0.6) is 11.5 Å². The van der Waals surface area contributed by atoms with Crippen molar-refractivity contribution in [3.63, 3.8) is 0 Å². The summed E-state index contributed by atoms with van der Waals surface area (Å²) in [6.07, 6.45) is 0.402. The van der Waals surface area contributed by atoms with E-state index in [1.165, 1.54) is 0 Å². The molecule has 112 valence electrons. The number of methoxy groups -OCH3 is 3. The van der Waals surface area contributed by atoms with Crippen molar-refractivity contribution in [2.75, 3.05) is 21.3 Å². The molecule has 0 saturated carbocycles. The minimum atomic E-state index is -0.843. The number of rotatable bonds is 7. The molecule has 1 N–H and O–H groups in total. The molecular weight excluding hydrogens is 260 g/mol. The standard InChI is InChI=1S/C15H22O5/c1-15(2,14(16)17)8-10-6-11(9-18-3)13(20-5)12(7-10)19-4/h6-7H,8-9H2,1-5H3,(H,16,17). The Hall–Kier alpha value is -1.75. The molecule has 0 atom stereocenters. The molecule has 0 spiro atoms. The smallest absolute Gasteiger partial charge is 0.309 e. The van der Waals surface area contributed by atoms with Gasteiger partial charge in [0.15, 0.2) is 11.5 Å². The van der Waals surface area contributed by atoms with E-state index in [9.17, 15) is 9.90 Å². The molecule has 1 aromatic carbocycles. The number of aliphatic carboxylic acids is 1. The van der Waals surface area contributed by atoms with Gasteiger partial charge in [0, 0.05) is 12.7 Å². The van der Waals surface area contributed by atoms with Gasteiger partial charge >= 0.3 is 5.97 Å². The molecule has 0 fully saturated rings. The molecule has 0 heterocycles. The third kappa shape index (κ3) is 3.63. The van der Waals surface area contributed by atoms with E-state index in [1.807, 2.05) is 12.1 Å². The number of carbonyl (C=O) groups is 1. The average Bonchev–Trinajstić information content (AvgIpc) is 2.37. The highest BCUT2D eigenvalue weighted by molar-refractivity contribution is 5.74. The van der Waals surface area contributed by atoms with E-state index in [1.54, 1.807) is 35.2 Å². The van der Waals surface area contributed by atoms with E-state index >= 15 is 0 Å². The molecule has 0 unspecified atom stereocenters. The van der Waals surface area contributed by atoms with Crippen LogP contribution in [0.25, 0.3) is 0 Å². The van der Waals surface area contributed by atoms with Crippen molar-refractivity contribution >= 4 is 5.97 Å². The summed E-state index contributed by atoms with van der Waals surface area (Å²) in [5.74, 6) is 0.366. The van der Waals surface area contributed by atoms with E-state index in [0.29, 0.717) is 24.5 Å². The zero-order valence-corrected chi connectivity index (χ0v) is 12.6. The van der Waals surface area contributed by atoms with E-state index in [-0.39, 0.29) is 0 Å². The van der Waals surface area contributed by atoms with Crippen molar-refractivity contribution in [3.05, 3.63) is 23.3 Å². The lowest BCUT2D eigenvalue weighted by Gasteiger charge is -2.21. The largest absolute Gasteiger partial charge is 0.493 e. The van der Waals surface area contributed by atoms with Gasteiger partial charge in [-0.15, -0.1) is 0 Å². The van der Waals surface area contributed by atoms with E-state index < -0.39 is 11.4 Å². The Morgan fingerprint density at radius 1 is 1.20 bits per heavy atom. The van der Waals surface area contributed by atoms with Gasteiger partial charge in [0.1, 0.15) is 0 Å². The number of carboxylic acid groups (broad SMARTS) is 1. The second kappa shape index (κ2) is 6.61. The number of benzene rings is 1. The molecule has 20 heavy (non-hydrogen) atoms. The summed E-state index contributed by atoms with van der Waals surface area (Å²) in [6.45, 7) is 3.77. The maximum Gasteiger partial charge on any atom is 0.309 e. The Morgan fingerprint density at radius 2 is 1.85 bits per heavy atom. The number of hydrogen-bond donors (Lipinski definition) is 1. The van der Waals surface area contributed by atoms with Gasteiger partial charge in [-0.1, -0.05) is 0 Å². The Morgan fingerprint density at radius 3 is 2.30 bits per heavy atom. The maximum atomic E-state index is 11.2. The predicted octanol–water partition coefficient (Wildman–Crippen LogP) is 2.50. The maximum absolute atomic E-state index is 11.2. The van der Waals surface area contributed by atoms with E-state index in [2.05, 4.69) is 0 Å². The molecule has 0 aromatic heterocycles. The summed E-state index contributed by atoms with van der Waals surface area (Å²) in [5.41, 5.74) is 0.872. The van der Waals surface area contributed by atoms with Gasteiger partial charge in [-0.2, -0.15) is 0 Å². The molecule has 0 bridgehead atoms. The first kappa shape index (κ1) is 16.3.